The van der Waals surface area contributed by atoms with Crippen molar-refractivity contribution >= 4 is 51.4 Å². The number of para-hydroxylation sites is 1. The zero-order chi connectivity index (χ0) is 17.7. The first-order chi connectivity index (χ1) is 11.5. The largest absolute Gasteiger partial charge is 0.465 e. The minimum Gasteiger partial charge on any atom is -0.465 e. The summed E-state index contributed by atoms with van der Waals surface area (Å²) in [6.45, 7) is 1.62. The topological polar surface area (TPSA) is 84.5 Å². The zero-order valence-corrected chi connectivity index (χ0v) is 14.6. The molecule has 2 amide bonds. The van der Waals surface area contributed by atoms with Crippen LogP contribution in [0.25, 0.3) is 0 Å². The maximum atomic E-state index is 12.5. The Morgan fingerprint density at radius 1 is 1.17 bits per heavy atom. The minimum absolute atomic E-state index is 0.152. The predicted molar refractivity (Wildman–Crippen MR) is 94.1 cm³/mol. The van der Waals surface area contributed by atoms with Crippen LogP contribution in [0.2, 0.25) is 0 Å². The fourth-order valence-corrected chi connectivity index (χ4v) is 3.21. The molecule has 0 aliphatic heterocycles. The number of nitrogens with one attached hydrogen (secondary N) is 2. The van der Waals surface area contributed by atoms with E-state index < -0.39 is 11.9 Å². The molecule has 0 atom stereocenters. The number of methoxy groups -OCH3 is 1. The summed E-state index contributed by atoms with van der Waals surface area (Å²) in [5.41, 5.74) is 1.21. The lowest BCUT2D eigenvalue weighted by Gasteiger charge is -2.04. The second-order valence-electron chi connectivity index (χ2n) is 4.75. The van der Waals surface area contributed by atoms with Gasteiger partial charge in [0.25, 0.3) is 5.91 Å². The summed E-state index contributed by atoms with van der Waals surface area (Å²) >= 11 is 6.48. The van der Waals surface area contributed by atoms with Gasteiger partial charge >= 0.3 is 5.97 Å². The number of thiophene rings is 1. The maximum Gasteiger partial charge on any atom is 0.341 e. The highest BCUT2D eigenvalue weighted by molar-refractivity contribution is 7.19. The molecule has 0 aliphatic rings. The van der Waals surface area contributed by atoms with Crippen LogP contribution in [0.1, 0.15) is 25.6 Å². The van der Waals surface area contributed by atoms with Gasteiger partial charge in [0.05, 0.1) is 17.6 Å². The summed E-state index contributed by atoms with van der Waals surface area (Å²) in [7, 11) is 1.23. The predicted octanol–water partition coefficient (Wildman–Crippen LogP) is 3.27. The van der Waals surface area contributed by atoms with Crippen molar-refractivity contribution in [3.63, 3.8) is 0 Å². The molecule has 0 spiro atoms. The van der Waals surface area contributed by atoms with Gasteiger partial charge in [-0.3, -0.25) is 9.59 Å². The van der Waals surface area contributed by atoms with E-state index >= 15 is 0 Å². The molecule has 0 radical (unpaired) electrons. The first-order valence-electron chi connectivity index (χ1n) is 6.91. The first kappa shape index (κ1) is 18.0. The summed E-state index contributed by atoms with van der Waals surface area (Å²) < 4.78 is 4.74. The molecule has 2 rings (SSSR count). The fourth-order valence-electron chi connectivity index (χ4n) is 2.04. The van der Waals surface area contributed by atoms with Crippen LogP contribution in [-0.4, -0.2) is 30.8 Å². The van der Waals surface area contributed by atoms with E-state index in [1.165, 1.54) is 7.11 Å². The summed E-state index contributed by atoms with van der Waals surface area (Å²) in [5.74, 6) is -1.74. The van der Waals surface area contributed by atoms with Crippen molar-refractivity contribution < 1.29 is 19.1 Å². The third-order valence-corrected chi connectivity index (χ3v) is 4.60. The maximum absolute atomic E-state index is 12.5. The van der Waals surface area contributed by atoms with Crippen molar-refractivity contribution in [1.29, 1.82) is 0 Å². The lowest BCUT2D eigenvalue weighted by molar-refractivity contribution is -0.113. The average Bonchev–Trinajstić information content (AvgIpc) is 2.91. The van der Waals surface area contributed by atoms with Crippen LogP contribution in [-0.2, 0) is 9.53 Å². The number of carbonyl (C=O) groups is 3. The molecule has 0 saturated heterocycles. The number of carbonyl (C=O) groups excluding carboxylic acids is 3. The molecule has 8 heteroatoms. The van der Waals surface area contributed by atoms with E-state index in [0.29, 0.717) is 16.1 Å². The van der Waals surface area contributed by atoms with Gasteiger partial charge in [0, 0.05) is 5.69 Å². The average molecular weight is 367 g/mol. The van der Waals surface area contributed by atoms with Gasteiger partial charge in [-0.05, 0) is 24.6 Å². The molecule has 6 nitrogen and oxygen atoms in total. The number of alkyl halides is 1. The molecule has 2 aromatic rings. The normalized spacial score (nSPS) is 10.1. The summed E-state index contributed by atoms with van der Waals surface area (Å²) in [6, 6.07) is 8.92. The number of hydrogen-bond acceptors (Lipinski definition) is 5. The fraction of sp³-hybridized carbons (Fsp3) is 0.188. The van der Waals surface area contributed by atoms with Crippen molar-refractivity contribution in [3.05, 3.63) is 46.3 Å². The van der Waals surface area contributed by atoms with E-state index in [1.54, 1.807) is 31.2 Å². The Balaban J connectivity index is 2.37. The molecule has 1 aromatic heterocycles. The number of rotatable bonds is 5. The van der Waals surface area contributed by atoms with E-state index in [9.17, 15) is 14.4 Å². The second kappa shape index (κ2) is 7.94. The molecule has 0 aliphatic carbocycles. The highest BCUT2D eigenvalue weighted by Gasteiger charge is 2.26. The molecule has 0 saturated carbocycles. The third kappa shape index (κ3) is 3.93. The molecule has 126 valence electrons. The van der Waals surface area contributed by atoms with Gasteiger partial charge in [0.1, 0.15) is 10.9 Å². The van der Waals surface area contributed by atoms with E-state index in [0.717, 1.165) is 11.3 Å². The number of esters is 1. The van der Waals surface area contributed by atoms with Crippen LogP contribution < -0.4 is 10.6 Å². The number of benzene rings is 1. The highest BCUT2D eigenvalue weighted by atomic mass is 35.5. The van der Waals surface area contributed by atoms with Crippen LogP contribution in [0.3, 0.4) is 0 Å². The molecule has 0 unspecified atom stereocenters. The molecule has 0 fully saturated rings. The molecule has 2 N–H and O–H groups in total. The van der Waals surface area contributed by atoms with Gasteiger partial charge in [-0.25, -0.2) is 4.79 Å². The molecule has 1 heterocycles. The van der Waals surface area contributed by atoms with Gasteiger partial charge in [0.2, 0.25) is 5.91 Å². The lowest BCUT2D eigenvalue weighted by Crippen LogP contribution is -2.15. The van der Waals surface area contributed by atoms with Crippen LogP contribution in [0.5, 0.6) is 0 Å². The second-order valence-corrected chi connectivity index (χ2v) is 6.04. The molecular weight excluding hydrogens is 352 g/mol. The van der Waals surface area contributed by atoms with Crippen LogP contribution in [0.4, 0.5) is 10.7 Å². The van der Waals surface area contributed by atoms with Gasteiger partial charge in [-0.2, -0.15) is 0 Å². The molecule has 0 bridgehead atoms. The number of hydrogen-bond donors (Lipinski definition) is 2. The van der Waals surface area contributed by atoms with Crippen molar-refractivity contribution in [2.24, 2.45) is 0 Å². The monoisotopic (exact) mass is 366 g/mol. The Kier molecular flexibility index (Phi) is 5.94. The van der Waals surface area contributed by atoms with Crippen LogP contribution >= 0.6 is 22.9 Å². The smallest absolute Gasteiger partial charge is 0.341 e. The number of ether oxygens (including phenoxy) is 1. The summed E-state index contributed by atoms with van der Waals surface area (Å²) in [5, 5.41) is 5.51. The Hall–Kier alpha value is -2.38. The lowest BCUT2D eigenvalue weighted by atomic mass is 10.1. The first-order valence-corrected chi connectivity index (χ1v) is 8.27. The van der Waals surface area contributed by atoms with Gasteiger partial charge < -0.3 is 15.4 Å². The van der Waals surface area contributed by atoms with Crippen molar-refractivity contribution in [2.75, 3.05) is 23.6 Å². The van der Waals surface area contributed by atoms with Crippen molar-refractivity contribution in [1.82, 2.24) is 0 Å². The summed E-state index contributed by atoms with van der Waals surface area (Å²) in [6.07, 6.45) is 0. The number of halogens is 1. The molecule has 24 heavy (non-hydrogen) atoms. The van der Waals surface area contributed by atoms with Gasteiger partial charge in [-0.1, -0.05) is 18.2 Å². The van der Waals surface area contributed by atoms with Gasteiger partial charge in [-0.15, -0.1) is 22.9 Å². The van der Waals surface area contributed by atoms with Crippen LogP contribution in [0.15, 0.2) is 30.3 Å². The number of anilines is 2. The Labute approximate surface area is 147 Å². The zero-order valence-electron chi connectivity index (χ0n) is 13.0. The Morgan fingerprint density at radius 3 is 2.42 bits per heavy atom. The van der Waals surface area contributed by atoms with E-state index in [4.69, 9.17) is 16.3 Å². The van der Waals surface area contributed by atoms with E-state index in [-0.39, 0.29) is 22.4 Å². The number of amides is 2. The Bertz CT molecular complexity index is 774. The molecule has 1 aromatic carbocycles. The standard InChI is InChI=1S/C16H15ClN2O4S/c1-9-12(16(22)23-2)15(19-11(20)8-17)24-13(9)14(21)18-10-6-4-3-5-7-10/h3-7H,8H2,1-2H3,(H,18,21)(H,19,20). The third-order valence-electron chi connectivity index (χ3n) is 3.15. The molecular formula is C16H15ClN2O4S. The van der Waals surface area contributed by atoms with Crippen LogP contribution in [0, 0.1) is 6.92 Å². The van der Waals surface area contributed by atoms with E-state index in [1.807, 2.05) is 6.07 Å². The van der Waals surface area contributed by atoms with E-state index in [2.05, 4.69) is 10.6 Å². The highest BCUT2D eigenvalue weighted by Crippen LogP contribution is 2.34. The quantitative estimate of drug-likeness (QED) is 0.628. The van der Waals surface area contributed by atoms with Crippen molar-refractivity contribution in [2.45, 2.75) is 6.92 Å². The summed E-state index contributed by atoms with van der Waals surface area (Å²) in [4.78, 5) is 36.3. The van der Waals surface area contributed by atoms with Gasteiger partial charge in [0.15, 0.2) is 0 Å². The Morgan fingerprint density at radius 2 is 1.83 bits per heavy atom. The SMILES string of the molecule is COC(=O)c1c(NC(=O)CCl)sc(C(=O)Nc2ccccc2)c1C. The minimum atomic E-state index is -0.632. The van der Waals surface area contributed by atoms with Crippen molar-refractivity contribution in [3.8, 4) is 0 Å².